The zero-order chi connectivity index (χ0) is 16.5. The summed E-state index contributed by atoms with van der Waals surface area (Å²) in [5.41, 5.74) is 6.89. The molecule has 0 aromatic heterocycles. The third kappa shape index (κ3) is 2.86. The van der Waals surface area contributed by atoms with Gasteiger partial charge in [-0.05, 0) is 24.5 Å². The normalized spacial score (nSPS) is 17.5. The van der Waals surface area contributed by atoms with E-state index in [0.717, 1.165) is 12.0 Å². The van der Waals surface area contributed by atoms with Crippen LogP contribution in [0, 0.1) is 0 Å². The molecule has 6 heteroatoms. The van der Waals surface area contributed by atoms with Crippen LogP contribution in [0.15, 0.2) is 29.6 Å². The van der Waals surface area contributed by atoms with Gasteiger partial charge in [0.25, 0.3) is 5.92 Å². The van der Waals surface area contributed by atoms with Crippen molar-refractivity contribution >= 4 is 12.1 Å². The number of nitrogens with two attached hydrogens (primary N) is 1. The van der Waals surface area contributed by atoms with Crippen LogP contribution in [0.4, 0.5) is 8.78 Å². The molecule has 2 rings (SSSR count). The van der Waals surface area contributed by atoms with Gasteiger partial charge in [0.1, 0.15) is 5.70 Å². The number of benzene rings is 1. The van der Waals surface area contributed by atoms with Crippen LogP contribution in [-0.2, 0) is 28.5 Å². The first-order valence-electron chi connectivity index (χ1n) is 7.01. The summed E-state index contributed by atoms with van der Waals surface area (Å²) in [4.78, 5) is 23.6. The average molecular weight is 308 g/mol. The smallest absolute Gasteiger partial charge is 0.290 e. The fourth-order valence-electron chi connectivity index (χ4n) is 2.75. The molecule has 0 amide bonds. The van der Waals surface area contributed by atoms with Crippen molar-refractivity contribution in [3.8, 4) is 0 Å². The van der Waals surface area contributed by atoms with Gasteiger partial charge in [0, 0.05) is 17.8 Å². The summed E-state index contributed by atoms with van der Waals surface area (Å²) in [7, 11) is 0. The largest absolute Gasteiger partial charge is 0.400 e. The third-order valence-corrected chi connectivity index (χ3v) is 3.75. The number of ketones is 1. The Morgan fingerprint density at radius 1 is 1.45 bits per heavy atom. The summed E-state index contributed by atoms with van der Waals surface area (Å²) in [5, 5.41) is 0. The summed E-state index contributed by atoms with van der Waals surface area (Å²) in [5.74, 6) is -3.99. The van der Waals surface area contributed by atoms with E-state index in [1.807, 2.05) is 6.92 Å². The number of rotatable bonds is 4. The second-order valence-corrected chi connectivity index (χ2v) is 5.42. The van der Waals surface area contributed by atoms with Crippen molar-refractivity contribution in [1.82, 2.24) is 4.90 Å². The van der Waals surface area contributed by atoms with Crippen LogP contribution in [0.5, 0.6) is 0 Å². The molecule has 0 radical (unpaired) electrons. The molecule has 0 spiro atoms. The molecule has 2 N–H and O–H groups in total. The van der Waals surface area contributed by atoms with E-state index >= 15 is 0 Å². The maximum Gasteiger partial charge on any atom is 0.290 e. The van der Waals surface area contributed by atoms with Crippen molar-refractivity contribution in [2.24, 2.45) is 5.73 Å². The Bertz CT molecular complexity index is 650. The number of halogens is 2. The van der Waals surface area contributed by atoms with Gasteiger partial charge < -0.3 is 10.6 Å². The third-order valence-electron chi connectivity index (χ3n) is 3.75. The Balaban J connectivity index is 2.49. The minimum Gasteiger partial charge on any atom is -0.400 e. The number of carbonyl (C=O) groups excluding carboxylic acids is 2. The van der Waals surface area contributed by atoms with E-state index in [1.54, 1.807) is 12.1 Å². The van der Waals surface area contributed by atoms with Gasteiger partial charge in [-0.2, -0.15) is 8.78 Å². The number of nitrogens with zero attached hydrogens (tertiary/aromatic N) is 1. The average Bonchev–Trinajstić information content (AvgIpc) is 2.45. The topological polar surface area (TPSA) is 63.4 Å². The molecule has 118 valence electrons. The van der Waals surface area contributed by atoms with Gasteiger partial charge in [-0.1, -0.05) is 25.1 Å². The fraction of sp³-hybridized carbons (Fsp3) is 0.375. The molecule has 1 aliphatic heterocycles. The second-order valence-electron chi connectivity index (χ2n) is 5.42. The van der Waals surface area contributed by atoms with Gasteiger partial charge in [0.05, 0.1) is 6.54 Å². The number of carbonyl (C=O) groups is 2. The molecule has 0 aliphatic carbocycles. The van der Waals surface area contributed by atoms with Crippen molar-refractivity contribution in [3.63, 3.8) is 0 Å². The highest BCUT2D eigenvalue weighted by Gasteiger charge is 2.42. The van der Waals surface area contributed by atoms with Crippen LogP contribution in [0.25, 0.3) is 0 Å². The summed E-state index contributed by atoms with van der Waals surface area (Å²) in [6.07, 6.45) is 0.826. The van der Waals surface area contributed by atoms with E-state index in [-0.39, 0.29) is 29.8 Å². The Labute approximate surface area is 127 Å². The maximum absolute atomic E-state index is 14.4. The van der Waals surface area contributed by atoms with Crippen molar-refractivity contribution in [2.75, 3.05) is 6.54 Å². The van der Waals surface area contributed by atoms with Crippen LogP contribution < -0.4 is 5.73 Å². The number of hydrogen-bond acceptors (Lipinski definition) is 4. The van der Waals surface area contributed by atoms with E-state index in [2.05, 4.69) is 0 Å². The molecule has 1 aliphatic rings. The van der Waals surface area contributed by atoms with E-state index in [4.69, 9.17) is 5.73 Å². The van der Waals surface area contributed by atoms with Crippen LogP contribution in [0.2, 0.25) is 0 Å². The summed E-state index contributed by atoms with van der Waals surface area (Å²) in [6, 6.07) is 4.83. The Kier molecular flexibility index (Phi) is 4.30. The van der Waals surface area contributed by atoms with Crippen molar-refractivity contribution in [2.45, 2.75) is 32.7 Å². The van der Waals surface area contributed by atoms with E-state index < -0.39 is 18.3 Å². The van der Waals surface area contributed by atoms with Gasteiger partial charge in [-0.25, -0.2) is 0 Å². The SMILES string of the molecule is CCc1ccc2c(c1)CN(/C(C(=O)C=O)=C(/C)N)CC2(F)F. The predicted molar refractivity (Wildman–Crippen MR) is 78.1 cm³/mol. The number of alkyl halides is 2. The zero-order valence-corrected chi connectivity index (χ0v) is 12.5. The lowest BCUT2D eigenvalue weighted by Gasteiger charge is -2.36. The lowest BCUT2D eigenvalue weighted by atomic mass is 9.93. The highest BCUT2D eigenvalue weighted by molar-refractivity contribution is 6.32. The molecule has 1 aromatic rings. The molecule has 0 fully saturated rings. The van der Waals surface area contributed by atoms with Gasteiger partial charge in [-0.3, -0.25) is 9.59 Å². The molecule has 1 aromatic carbocycles. The molecule has 1 heterocycles. The standard InChI is InChI=1S/C16H18F2N2O2/c1-3-11-4-5-13-12(6-11)7-20(9-16(13,17)18)15(10(2)19)14(22)8-21/h4-6,8H,3,7,9,19H2,1-2H3/b15-10-. The lowest BCUT2D eigenvalue weighted by molar-refractivity contribution is -0.129. The second kappa shape index (κ2) is 5.87. The Morgan fingerprint density at radius 2 is 2.14 bits per heavy atom. The molecule has 0 bridgehead atoms. The van der Waals surface area contributed by atoms with Gasteiger partial charge in [0.15, 0.2) is 6.29 Å². The Morgan fingerprint density at radius 3 is 2.68 bits per heavy atom. The maximum atomic E-state index is 14.4. The van der Waals surface area contributed by atoms with Crippen LogP contribution >= 0.6 is 0 Å². The van der Waals surface area contributed by atoms with Gasteiger partial charge in [-0.15, -0.1) is 0 Å². The molecule has 0 saturated heterocycles. The first kappa shape index (κ1) is 16.1. The molecular formula is C16H18F2N2O2. The Hall–Kier alpha value is -2.24. The van der Waals surface area contributed by atoms with Crippen LogP contribution in [0.3, 0.4) is 0 Å². The minimum atomic E-state index is -3.11. The first-order chi connectivity index (χ1) is 10.3. The van der Waals surface area contributed by atoms with E-state index in [9.17, 15) is 18.4 Å². The summed E-state index contributed by atoms with van der Waals surface area (Å²) >= 11 is 0. The van der Waals surface area contributed by atoms with Crippen LogP contribution in [-0.4, -0.2) is 23.5 Å². The lowest BCUT2D eigenvalue weighted by Crippen LogP contribution is -2.42. The first-order valence-corrected chi connectivity index (χ1v) is 7.01. The van der Waals surface area contributed by atoms with Gasteiger partial charge in [0.2, 0.25) is 5.78 Å². The molecule has 4 nitrogen and oxygen atoms in total. The summed E-state index contributed by atoms with van der Waals surface area (Å²) in [6.45, 7) is 2.82. The van der Waals surface area contributed by atoms with E-state index in [0.29, 0.717) is 5.56 Å². The number of aryl methyl sites for hydroxylation is 1. The monoisotopic (exact) mass is 308 g/mol. The number of hydrogen-bond donors (Lipinski definition) is 1. The van der Waals surface area contributed by atoms with Gasteiger partial charge >= 0.3 is 0 Å². The zero-order valence-electron chi connectivity index (χ0n) is 12.5. The summed E-state index contributed by atoms with van der Waals surface area (Å²) < 4.78 is 28.7. The van der Waals surface area contributed by atoms with Crippen molar-refractivity contribution in [3.05, 3.63) is 46.3 Å². The number of Topliss-reactive ketones (excluding diaryl/α,β-unsaturated/α-hetero) is 1. The highest BCUT2D eigenvalue weighted by Crippen LogP contribution is 2.38. The number of fused-ring (bicyclic) bond motifs is 1. The molecule has 0 unspecified atom stereocenters. The fourth-order valence-corrected chi connectivity index (χ4v) is 2.75. The molecular weight excluding hydrogens is 290 g/mol. The molecule has 0 saturated carbocycles. The van der Waals surface area contributed by atoms with Crippen molar-refractivity contribution in [1.29, 1.82) is 0 Å². The van der Waals surface area contributed by atoms with Crippen molar-refractivity contribution < 1.29 is 18.4 Å². The number of aldehydes is 1. The molecule has 22 heavy (non-hydrogen) atoms. The minimum absolute atomic E-state index is 0.0338. The number of allylic oxidation sites excluding steroid dienone is 2. The quantitative estimate of drug-likeness (QED) is 0.526. The predicted octanol–water partition coefficient (Wildman–Crippen LogP) is 2.11. The van der Waals surface area contributed by atoms with Crippen LogP contribution in [0.1, 0.15) is 30.5 Å². The highest BCUT2D eigenvalue weighted by atomic mass is 19.3. The van der Waals surface area contributed by atoms with E-state index in [1.165, 1.54) is 17.9 Å². The molecule has 0 atom stereocenters.